The molecule has 7 nitrogen and oxygen atoms in total. The number of piperidine rings is 1. The Kier molecular flexibility index (Phi) is 6.36. The van der Waals surface area contributed by atoms with E-state index >= 15 is 0 Å². The third-order valence-electron chi connectivity index (χ3n) is 3.84. The van der Waals surface area contributed by atoms with Gasteiger partial charge in [0.1, 0.15) is 6.61 Å². The number of anilines is 1. The minimum atomic E-state index is -0.572. The lowest BCUT2D eigenvalue weighted by atomic mass is 9.98. The fourth-order valence-electron chi connectivity index (χ4n) is 2.53. The van der Waals surface area contributed by atoms with Crippen LogP contribution in [-0.2, 0) is 9.53 Å². The van der Waals surface area contributed by atoms with Crippen molar-refractivity contribution >= 4 is 17.6 Å². The van der Waals surface area contributed by atoms with Crippen LogP contribution in [0.1, 0.15) is 12.8 Å². The van der Waals surface area contributed by atoms with Crippen molar-refractivity contribution in [3.63, 3.8) is 0 Å². The number of likely N-dealkylation sites (tertiary alicyclic amines) is 1. The molecule has 1 atom stereocenters. The van der Waals surface area contributed by atoms with Crippen molar-refractivity contribution in [2.75, 3.05) is 38.7 Å². The van der Waals surface area contributed by atoms with Crippen molar-refractivity contribution in [3.8, 4) is 5.75 Å². The van der Waals surface area contributed by atoms with Crippen LogP contribution in [0.25, 0.3) is 0 Å². The van der Waals surface area contributed by atoms with Gasteiger partial charge in [0.05, 0.1) is 12.5 Å². The van der Waals surface area contributed by atoms with E-state index in [0.717, 1.165) is 0 Å². The average Bonchev–Trinajstić information content (AvgIpc) is 2.57. The first-order valence-electron chi connectivity index (χ1n) is 7.77. The highest BCUT2D eigenvalue weighted by molar-refractivity contribution is 5.90. The normalized spacial score (nSPS) is 17.4. The summed E-state index contributed by atoms with van der Waals surface area (Å²) in [5, 5.41) is 2.62. The maximum Gasteiger partial charge on any atom is 0.321 e. The van der Waals surface area contributed by atoms with Gasteiger partial charge in [-0.05, 0) is 25.0 Å². The Hall–Kier alpha value is -2.35. The number of rotatable bonds is 6. The number of hydrogen-bond acceptors (Lipinski definition) is 4. The van der Waals surface area contributed by atoms with Gasteiger partial charge in [0.25, 0.3) is 0 Å². The van der Waals surface area contributed by atoms with E-state index in [0.29, 0.717) is 31.7 Å². The topological polar surface area (TPSA) is 93.9 Å². The molecule has 1 aliphatic rings. The Morgan fingerprint density at radius 2 is 2.21 bits per heavy atom. The van der Waals surface area contributed by atoms with Crippen LogP contribution in [0.15, 0.2) is 18.2 Å². The Morgan fingerprint density at radius 1 is 1.42 bits per heavy atom. The average molecular weight is 339 g/mol. The van der Waals surface area contributed by atoms with Gasteiger partial charge in [-0.3, -0.25) is 4.79 Å². The van der Waals surface area contributed by atoms with Crippen LogP contribution in [0.5, 0.6) is 5.75 Å². The summed E-state index contributed by atoms with van der Waals surface area (Å²) < 4.78 is 24.0. The van der Waals surface area contributed by atoms with Gasteiger partial charge in [-0.1, -0.05) is 0 Å². The van der Waals surface area contributed by atoms with Crippen molar-refractivity contribution in [3.05, 3.63) is 24.0 Å². The highest BCUT2D eigenvalue weighted by Crippen LogP contribution is 2.22. The molecule has 1 fully saturated rings. The molecule has 2 rings (SSSR count). The summed E-state index contributed by atoms with van der Waals surface area (Å²) >= 11 is 0. The van der Waals surface area contributed by atoms with Crippen LogP contribution in [0, 0.1) is 11.7 Å². The summed E-state index contributed by atoms with van der Waals surface area (Å²) in [4.78, 5) is 25.0. The third-order valence-corrected chi connectivity index (χ3v) is 3.84. The van der Waals surface area contributed by atoms with Gasteiger partial charge in [-0.25, -0.2) is 9.18 Å². The first-order chi connectivity index (χ1) is 11.5. The van der Waals surface area contributed by atoms with Gasteiger partial charge in [0.15, 0.2) is 11.6 Å². The molecule has 0 radical (unpaired) electrons. The number of primary amides is 1. The number of carbonyl (C=O) groups is 2. The molecule has 0 bridgehead atoms. The van der Waals surface area contributed by atoms with Gasteiger partial charge < -0.3 is 25.4 Å². The van der Waals surface area contributed by atoms with Crippen molar-refractivity contribution in [2.45, 2.75) is 12.8 Å². The number of nitrogens with zero attached hydrogens (tertiary/aromatic N) is 1. The maximum absolute atomic E-state index is 13.9. The van der Waals surface area contributed by atoms with Crippen LogP contribution in [0.3, 0.4) is 0 Å². The molecule has 24 heavy (non-hydrogen) atoms. The molecule has 1 aliphatic heterocycles. The summed E-state index contributed by atoms with van der Waals surface area (Å²) in [6.07, 6.45) is 1.39. The van der Waals surface area contributed by atoms with Gasteiger partial charge in [0, 0.05) is 32.0 Å². The number of halogens is 1. The van der Waals surface area contributed by atoms with Gasteiger partial charge in [0.2, 0.25) is 5.91 Å². The second-order valence-electron chi connectivity index (χ2n) is 5.60. The van der Waals surface area contributed by atoms with Gasteiger partial charge in [-0.2, -0.15) is 0 Å². The van der Waals surface area contributed by atoms with Gasteiger partial charge in [-0.15, -0.1) is 0 Å². The zero-order chi connectivity index (χ0) is 17.5. The third kappa shape index (κ3) is 4.82. The Balaban J connectivity index is 1.94. The summed E-state index contributed by atoms with van der Waals surface area (Å²) in [6, 6.07) is 3.81. The highest BCUT2D eigenvalue weighted by atomic mass is 19.1. The second-order valence-corrected chi connectivity index (χ2v) is 5.60. The van der Waals surface area contributed by atoms with E-state index in [9.17, 15) is 14.0 Å². The number of carbonyl (C=O) groups excluding carboxylic acids is 2. The largest absolute Gasteiger partial charge is 0.488 e. The Morgan fingerprint density at radius 3 is 2.88 bits per heavy atom. The number of benzene rings is 1. The zero-order valence-corrected chi connectivity index (χ0v) is 13.6. The highest BCUT2D eigenvalue weighted by Gasteiger charge is 2.27. The van der Waals surface area contributed by atoms with Crippen LogP contribution in [-0.4, -0.2) is 50.3 Å². The molecule has 0 aliphatic carbocycles. The molecule has 0 spiro atoms. The van der Waals surface area contributed by atoms with E-state index in [1.54, 1.807) is 6.07 Å². The molecule has 0 saturated carbocycles. The van der Waals surface area contributed by atoms with Crippen LogP contribution >= 0.6 is 0 Å². The first kappa shape index (κ1) is 18.0. The minimum absolute atomic E-state index is 0.0943. The lowest BCUT2D eigenvalue weighted by Gasteiger charge is -2.31. The number of hydrogen-bond donors (Lipinski definition) is 2. The van der Waals surface area contributed by atoms with E-state index in [1.165, 1.54) is 24.1 Å². The van der Waals surface area contributed by atoms with Crippen molar-refractivity contribution in [1.82, 2.24) is 4.90 Å². The molecule has 132 valence electrons. The Labute approximate surface area is 139 Å². The summed E-state index contributed by atoms with van der Waals surface area (Å²) in [5.74, 6) is -1.22. The predicted molar refractivity (Wildman–Crippen MR) is 86.3 cm³/mol. The van der Waals surface area contributed by atoms with E-state index < -0.39 is 11.7 Å². The zero-order valence-electron chi connectivity index (χ0n) is 13.6. The van der Waals surface area contributed by atoms with Crippen molar-refractivity contribution < 1.29 is 23.5 Å². The second kappa shape index (κ2) is 8.49. The smallest absolute Gasteiger partial charge is 0.321 e. The fraction of sp³-hybridized carbons (Fsp3) is 0.500. The molecule has 1 aromatic carbocycles. The number of ether oxygens (including phenoxy) is 2. The number of amides is 3. The summed E-state index contributed by atoms with van der Waals surface area (Å²) in [6.45, 7) is 1.41. The van der Waals surface area contributed by atoms with E-state index in [2.05, 4.69) is 5.32 Å². The molecule has 8 heteroatoms. The SMILES string of the molecule is COCCOc1ccc(NC(=O)N2CCC[C@H](C(N)=O)C2)cc1F. The summed E-state index contributed by atoms with van der Waals surface area (Å²) in [7, 11) is 1.53. The van der Waals surface area contributed by atoms with E-state index in [1.807, 2.05) is 0 Å². The monoisotopic (exact) mass is 339 g/mol. The van der Waals surface area contributed by atoms with Crippen LogP contribution < -0.4 is 15.8 Å². The van der Waals surface area contributed by atoms with E-state index in [4.69, 9.17) is 15.2 Å². The number of urea groups is 1. The molecule has 0 unspecified atom stereocenters. The van der Waals surface area contributed by atoms with Crippen molar-refractivity contribution in [1.29, 1.82) is 0 Å². The molecular formula is C16H22FN3O4. The Bertz CT molecular complexity index is 597. The molecule has 1 heterocycles. The van der Waals surface area contributed by atoms with E-state index in [-0.39, 0.29) is 30.9 Å². The standard InChI is InChI=1S/C16H22FN3O4/c1-23-7-8-24-14-5-4-12(9-13(14)17)19-16(22)20-6-2-3-11(10-20)15(18)21/h4-5,9,11H,2-3,6-8,10H2,1H3,(H2,18,21)(H,19,22)/t11-/m0/s1. The molecule has 3 amide bonds. The molecule has 3 N–H and O–H groups in total. The maximum atomic E-state index is 13.9. The van der Waals surface area contributed by atoms with Crippen LogP contribution in [0.4, 0.5) is 14.9 Å². The quantitative estimate of drug-likeness (QED) is 0.770. The number of nitrogens with two attached hydrogens (primary N) is 1. The number of nitrogens with one attached hydrogen (secondary N) is 1. The van der Waals surface area contributed by atoms with Gasteiger partial charge >= 0.3 is 6.03 Å². The number of methoxy groups -OCH3 is 1. The molecule has 0 aromatic heterocycles. The lowest BCUT2D eigenvalue weighted by Crippen LogP contribution is -2.45. The first-order valence-corrected chi connectivity index (χ1v) is 7.77. The molecular weight excluding hydrogens is 317 g/mol. The lowest BCUT2D eigenvalue weighted by molar-refractivity contribution is -0.123. The molecule has 1 aromatic rings. The minimum Gasteiger partial charge on any atom is -0.488 e. The predicted octanol–water partition coefficient (Wildman–Crippen LogP) is 1.58. The molecule has 1 saturated heterocycles. The fourth-order valence-corrected chi connectivity index (χ4v) is 2.53. The van der Waals surface area contributed by atoms with Crippen molar-refractivity contribution in [2.24, 2.45) is 11.7 Å². The van der Waals surface area contributed by atoms with Crippen LogP contribution in [0.2, 0.25) is 0 Å². The summed E-state index contributed by atoms with van der Waals surface area (Å²) in [5.41, 5.74) is 5.62.